The number of carbonyl (C=O) groups excluding carboxylic acids is 1. The quantitative estimate of drug-likeness (QED) is 0.837. The standard InChI is InChI=1S/C22H26N2O/c1-19-8-5-6-12-21(19)18-22(25)24-16-14-23(15-17-24)13-7-11-20-9-3-2-4-10-20/h2-12H,13-18H2,1H3/b11-7+. The van der Waals surface area contributed by atoms with Crippen LogP contribution in [0.4, 0.5) is 0 Å². The van der Waals surface area contributed by atoms with Gasteiger partial charge in [0.1, 0.15) is 0 Å². The zero-order chi connectivity index (χ0) is 17.5. The first-order chi connectivity index (χ1) is 12.2. The van der Waals surface area contributed by atoms with Crippen molar-refractivity contribution in [2.75, 3.05) is 32.7 Å². The smallest absolute Gasteiger partial charge is 0.227 e. The number of hydrogen-bond acceptors (Lipinski definition) is 2. The maximum Gasteiger partial charge on any atom is 0.227 e. The van der Waals surface area contributed by atoms with Gasteiger partial charge >= 0.3 is 0 Å². The molecule has 0 bridgehead atoms. The molecule has 3 nitrogen and oxygen atoms in total. The third-order valence-electron chi connectivity index (χ3n) is 4.80. The minimum absolute atomic E-state index is 0.244. The molecular formula is C22H26N2O. The van der Waals surface area contributed by atoms with Crippen molar-refractivity contribution in [3.05, 3.63) is 77.4 Å². The van der Waals surface area contributed by atoms with E-state index >= 15 is 0 Å². The highest BCUT2D eigenvalue weighted by atomic mass is 16.2. The van der Waals surface area contributed by atoms with Crippen LogP contribution >= 0.6 is 0 Å². The summed E-state index contributed by atoms with van der Waals surface area (Å²) in [6, 6.07) is 18.5. The SMILES string of the molecule is Cc1ccccc1CC(=O)N1CCN(C/C=C/c2ccccc2)CC1. The summed E-state index contributed by atoms with van der Waals surface area (Å²) < 4.78 is 0. The van der Waals surface area contributed by atoms with Crippen LogP contribution in [0.15, 0.2) is 60.7 Å². The Morgan fingerprint density at radius 1 is 0.960 bits per heavy atom. The Balaban J connectivity index is 1.44. The van der Waals surface area contributed by atoms with Crippen molar-refractivity contribution in [3.63, 3.8) is 0 Å². The highest BCUT2D eigenvalue weighted by molar-refractivity contribution is 5.79. The average molecular weight is 334 g/mol. The van der Waals surface area contributed by atoms with Crippen LogP contribution in [0, 0.1) is 6.92 Å². The summed E-state index contributed by atoms with van der Waals surface area (Å²) in [4.78, 5) is 16.9. The Kier molecular flexibility index (Phi) is 6.02. The van der Waals surface area contributed by atoms with Crippen LogP contribution in [0.1, 0.15) is 16.7 Å². The maximum absolute atomic E-state index is 12.5. The summed E-state index contributed by atoms with van der Waals surface area (Å²) in [5.74, 6) is 0.244. The second-order valence-electron chi connectivity index (χ2n) is 6.60. The van der Waals surface area contributed by atoms with Crippen LogP contribution in [0.3, 0.4) is 0 Å². The number of piperazine rings is 1. The van der Waals surface area contributed by atoms with E-state index in [0.29, 0.717) is 6.42 Å². The van der Waals surface area contributed by atoms with E-state index in [4.69, 9.17) is 0 Å². The Morgan fingerprint density at radius 2 is 1.64 bits per heavy atom. The molecule has 1 amide bonds. The fourth-order valence-electron chi connectivity index (χ4n) is 3.17. The van der Waals surface area contributed by atoms with E-state index in [1.54, 1.807) is 0 Å². The van der Waals surface area contributed by atoms with E-state index in [9.17, 15) is 4.79 Å². The zero-order valence-corrected chi connectivity index (χ0v) is 14.9. The lowest BCUT2D eigenvalue weighted by Crippen LogP contribution is -2.49. The molecule has 2 aromatic carbocycles. The van der Waals surface area contributed by atoms with Gasteiger partial charge in [-0.2, -0.15) is 0 Å². The first-order valence-electron chi connectivity index (χ1n) is 8.98. The molecule has 1 aliphatic rings. The third-order valence-corrected chi connectivity index (χ3v) is 4.80. The summed E-state index contributed by atoms with van der Waals surface area (Å²) in [6.45, 7) is 6.54. The maximum atomic E-state index is 12.5. The van der Waals surface area contributed by atoms with Crippen LogP contribution in [-0.2, 0) is 11.2 Å². The number of aryl methyl sites for hydroxylation is 1. The van der Waals surface area contributed by atoms with Gasteiger partial charge in [0, 0.05) is 32.7 Å². The molecule has 0 aliphatic carbocycles. The van der Waals surface area contributed by atoms with Gasteiger partial charge < -0.3 is 4.90 Å². The van der Waals surface area contributed by atoms with E-state index in [0.717, 1.165) is 38.3 Å². The summed E-state index contributed by atoms with van der Waals surface area (Å²) in [7, 11) is 0. The van der Waals surface area contributed by atoms with Gasteiger partial charge in [0.25, 0.3) is 0 Å². The van der Waals surface area contributed by atoms with E-state index in [2.05, 4.69) is 60.4 Å². The topological polar surface area (TPSA) is 23.6 Å². The highest BCUT2D eigenvalue weighted by Gasteiger charge is 2.20. The molecule has 2 aromatic rings. The van der Waals surface area contributed by atoms with Gasteiger partial charge in [-0.3, -0.25) is 9.69 Å². The van der Waals surface area contributed by atoms with E-state index < -0.39 is 0 Å². The molecule has 0 saturated carbocycles. The monoisotopic (exact) mass is 334 g/mol. The lowest BCUT2D eigenvalue weighted by atomic mass is 10.1. The molecule has 130 valence electrons. The second kappa shape index (κ2) is 8.63. The molecule has 0 unspecified atom stereocenters. The lowest BCUT2D eigenvalue weighted by Gasteiger charge is -2.34. The first-order valence-corrected chi connectivity index (χ1v) is 8.98. The predicted octanol–water partition coefficient (Wildman–Crippen LogP) is 3.40. The Bertz CT molecular complexity index is 716. The van der Waals surface area contributed by atoms with Gasteiger partial charge in [-0.15, -0.1) is 0 Å². The molecule has 3 rings (SSSR count). The molecule has 0 spiro atoms. The van der Waals surface area contributed by atoms with Gasteiger partial charge in [-0.25, -0.2) is 0 Å². The minimum Gasteiger partial charge on any atom is -0.340 e. The minimum atomic E-state index is 0.244. The first kappa shape index (κ1) is 17.4. The molecule has 0 radical (unpaired) electrons. The predicted molar refractivity (Wildman–Crippen MR) is 103 cm³/mol. The Morgan fingerprint density at radius 3 is 2.36 bits per heavy atom. The average Bonchev–Trinajstić information content (AvgIpc) is 2.65. The molecule has 0 N–H and O–H groups in total. The van der Waals surface area contributed by atoms with Crippen LogP contribution in [0.25, 0.3) is 6.08 Å². The Hall–Kier alpha value is -2.39. The van der Waals surface area contributed by atoms with Crippen molar-refractivity contribution in [2.45, 2.75) is 13.3 Å². The van der Waals surface area contributed by atoms with Crippen LogP contribution in [-0.4, -0.2) is 48.4 Å². The molecule has 0 aromatic heterocycles. The van der Waals surface area contributed by atoms with Crippen molar-refractivity contribution in [1.82, 2.24) is 9.80 Å². The summed E-state index contributed by atoms with van der Waals surface area (Å²) in [6.07, 6.45) is 4.89. The van der Waals surface area contributed by atoms with E-state index in [1.807, 2.05) is 23.1 Å². The van der Waals surface area contributed by atoms with Gasteiger partial charge in [0.15, 0.2) is 0 Å². The molecule has 1 fully saturated rings. The number of nitrogens with zero attached hydrogens (tertiary/aromatic N) is 2. The van der Waals surface area contributed by atoms with Crippen LogP contribution < -0.4 is 0 Å². The van der Waals surface area contributed by atoms with Crippen molar-refractivity contribution in [1.29, 1.82) is 0 Å². The molecule has 1 aliphatic heterocycles. The van der Waals surface area contributed by atoms with E-state index in [1.165, 1.54) is 11.1 Å². The van der Waals surface area contributed by atoms with Gasteiger partial charge in [0.2, 0.25) is 5.91 Å². The largest absolute Gasteiger partial charge is 0.340 e. The third kappa shape index (κ3) is 5.04. The molecule has 1 saturated heterocycles. The van der Waals surface area contributed by atoms with Crippen molar-refractivity contribution < 1.29 is 4.79 Å². The molecule has 3 heteroatoms. The van der Waals surface area contributed by atoms with Crippen molar-refractivity contribution in [2.24, 2.45) is 0 Å². The lowest BCUT2D eigenvalue weighted by molar-refractivity contribution is -0.132. The summed E-state index contributed by atoms with van der Waals surface area (Å²) in [5.41, 5.74) is 3.57. The number of benzene rings is 2. The van der Waals surface area contributed by atoms with E-state index in [-0.39, 0.29) is 5.91 Å². The fourth-order valence-corrected chi connectivity index (χ4v) is 3.17. The van der Waals surface area contributed by atoms with Gasteiger partial charge in [0.05, 0.1) is 6.42 Å². The zero-order valence-electron chi connectivity index (χ0n) is 14.9. The molecule has 25 heavy (non-hydrogen) atoms. The fraction of sp³-hybridized carbons (Fsp3) is 0.318. The van der Waals surface area contributed by atoms with Crippen LogP contribution in [0.2, 0.25) is 0 Å². The van der Waals surface area contributed by atoms with Crippen molar-refractivity contribution in [3.8, 4) is 0 Å². The molecule has 1 heterocycles. The highest BCUT2D eigenvalue weighted by Crippen LogP contribution is 2.11. The number of hydrogen-bond donors (Lipinski definition) is 0. The van der Waals surface area contributed by atoms with Gasteiger partial charge in [-0.1, -0.05) is 66.7 Å². The van der Waals surface area contributed by atoms with Gasteiger partial charge in [-0.05, 0) is 23.6 Å². The Labute approximate surface area is 150 Å². The number of carbonyl (C=O) groups is 1. The molecule has 0 atom stereocenters. The molecular weight excluding hydrogens is 308 g/mol. The summed E-state index contributed by atoms with van der Waals surface area (Å²) >= 11 is 0. The number of amides is 1. The second-order valence-corrected chi connectivity index (χ2v) is 6.60. The van der Waals surface area contributed by atoms with Crippen LogP contribution in [0.5, 0.6) is 0 Å². The summed E-state index contributed by atoms with van der Waals surface area (Å²) in [5, 5.41) is 0. The normalized spacial score (nSPS) is 15.6. The van der Waals surface area contributed by atoms with Crippen molar-refractivity contribution >= 4 is 12.0 Å². The number of rotatable bonds is 5.